The van der Waals surface area contributed by atoms with E-state index in [4.69, 9.17) is 4.98 Å². The van der Waals surface area contributed by atoms with Gasteiger partial charge in [-0.05, 0) is 31.7 Å². The third kappa shape index (κ3) is 2.69. The summed E-state index contributed by atoms with van der Waals surface area (Å²) < 4.78 is 0. The Morgan fingerprint density at radius 3 is 2.64 bits per heavy atom. The lowest BCUT2D eigenvalue weighted by molar-refractivity contribution is 0.120. The minimum atomic E-state index is 0.696. The van der Waals surface area contributed by atoms with Crippen molar-refractivity contribution in [3.8, 4) is 0 Å². The predicted octanol–water partition coefficient (Wildman–Crippen LogP) is 2.06. The highest BCUT2D eigenvalue weighted by atomic mass is 15.3. The third-order valence-electron chi connectivity index (χ3n) is 5.13. The Labute approximate surface area is 132 Å². The minimum absolute atomic E-state index is 0.696. The molecule has 1 aromatic carbocycles. The molecule has 1 unspecified atom stereocenters. The summed E-state index contributed by atoms with van der Waals surface area (Å²) in [6.45, 7) is 7.06. The normalized spacial score (nSPS) is 24.2. The Hall–Kier alpha value is -1.65. The highest BCUT2D eigenvalue weighted by molar-refractivity contribution is 5.80. The van der Waals surface area contributed by atoms with E-state index in [1.54, 1.807) is 0 Å². The van der Waals surface area contributed by atoms with Gasteiger partial charge in [-0.1, -0.05) is 18.2 Å². The quantitative estimate of drug-likeness (QED) is 0.846. The van der Waals surface area contributed by atoms with Crippen LogP contribution >= 0.6 is 0 Å². The van der Waals surface area contributed by atoms with Crippen molar-refractivity contribution in [2.24, 2.45) is 0 Å². The van der Waals surface area contributed by atoms with Crippen molar-refractivity contribution in [1.29, 1.82) is 0 Å². The van der Waals surface area contributed by atoms with Crippen LogP contribution in [0, 0.1) is 0 Å². The highest BCUT2D eigenvalue weighted by Gasteiger charge is 2.29. The monoisotopic (exact) mass is 296 g/mol. The van der Waals surface area contributed by atoms with Gasteiger partial charge in [0, 0.05) is 50.7 Å². The largest absolute Gasteiger partial charge is 0.355 e. The SMILES string of the molecule is CN1CCN(C2CCN(c3ccc4ccccc4n3)C2)CC1. The molecule has 0 N–H and O–H groups in total. The summed E-state index contributed by atoms with van der Waals surface area (Å²) in [6, 6.07) is 13.4. The number of pyridine rings is 1. The van der Waals surface area contributed by atoms with Crippen molar-refractivity contribution in [1.82, 2.24) is 14.8 Å². The number of para-hydroxylation sites is 1. The zero-order chi connectivity index (χ0) is 14.9. The van der Waals surface area contributed by atoms with Gasteiger partial charge >= 0.3 is 0 Å². The summed E-state index contributed by atoms with van der Waals surface area (Å²) in [4.78, 5) is 12.4. The number of piperazine rings is 1. The molecule has 2 saturated heterocycles. The molecule has 2 aliphatic heterocycles. The fourth-order valence-electron chi connectivity index (χ4n) is 3.67. The Morgan fingerprint density at radius 2 is 1.77 bits per heavy atom. The Kier molecular flexibility index (Phi) is 3.72. The highest BCUT2D eigenvalue weighted by Crippen LogP contribution is 2.24. The van der Waals surface area contributed by atoms with Crippen LogP contribution in [0.15, 0.2) is 36.4 Å². The Bertz CT molecular complexity index is 648. The zero-order valence-electron chi connectivity index (χ0n) is 13.3. The maximum Gasteiger partial charge on any atom is 0.129 e. The average molecular weight is 296 g/mol. The third-order valence-corrected chi connectivity index (χ3v) is 5.13. The van der Waals surface area contributed by atoms with Crippen molar-refractivity contribution in [2.75, 3.05) is 51.2 Å². The predicted molar refractivity (Wildman–Crippen MR) is 91.4 cm³/mol. The molecule has 0 radical (unpaired) electrons. The molecule has 116 valence electrons. The number of anilines is 1. The van der Waals surface area contributed by atoms with Gasteiger partial charge in [-0.25, -0.2) is 4.98 Å². The van der Waals surface area contributed by atoms with E-state index in [-0.39, 0.29) is 0 Å². The van der Waals surface area contributed by atoms with Crippen LogP contribution in [0.5, 0.6) is 0 Å². The maximum absolute atomic E-state index is 4.85. The Balaban J connectivity index is 1.47. The average Bonchev–Trinajstić information content (AvgIpc) is 3.05. The van der Waals surface area contributed by atoms with Crippen LogP contribution in [0.1, 0.15) is 6.42 Å². The van der Waals surface area contributed by atoms with Crippen molar-refractivity contribution >= 4 is 16.7 Å². The molecule has 0 saturated carbocycles. The first-order valence-corrected chi connectivity index (χ1v) is 8.33. The molecule has 4 heteroatoms. The number of hydrogen-bond donors (Lipinski definition) is 0. The number of fused-ring (bicyclic) bond motifs is 1. The summed E-state index contributed by atoms with van der Waals surface area (Å²) in [7, 11) is 2.22. The van der Waals surface area contributed by atoms with E-state index >= 15 is 0 Å². The number of aromatic nitrogens is 1. The smallest absolute Gasteiger partial charge is 0.129 e. The first-order chi connectivity index (χ1) is 10.8. The second-order valence-corrected chi connectivity index (χ2v) is 6.59. The molecule has 3 heterocycles. The standard InChI is InChI=1S/C18H24N4/c1-20-10-12-21(13-11-20)16-8-9-22(14-16)18-7-6-15-4-2-3-5-17(15)19-18/h2-7,16H,8-14H2,1H3. The molecule has 4 rings (SSSR count). The molecule has 0 aliphatic carbocycles. The summed E-state index contributed by atoms with van der Waals surface area (Å²) in [5, 5.41) is 1.22. The van der Waals surface area contributed by atoms with Gasteiger partial charge in [0.05, 0.1) is 5.52 Å². The van der Waals surface area contributed by atoms with E-state index in [1.165, 1.54) is 38.0 Å². The molecule has 0 amide bonds. The van der Waals surface area contributed by atoms with Crippen molar-refractivity contribution in [3.05, 3.63) is 36.4 Å². The Morgan fingerprint density at radius 1 is 0.955 bits per heavy atom. The van der Waals surface area contributed by atoms with Gasteiger partial charge in [0.1, 0.15) is 5.82 Å². The molecule has 2 aromatic rings. The second-order valence-electron chi connectivity index (χ2n) is 6.59. The van der Waals surface area contributed by atoms with E-state index in [0.29, 0.717) is 6.04 Å². The lowest BCUT2D eigenvalue weighted by Crippen LogP contribution is -2.49. The fraction of sp³-hybridized carbons (Fsp3) is 0.500. The van der Waals surface area contributed by atoms with Crippen molar-refractivity contribution < 1.29 is 0 Å². The lowest BCUT2D eigenvalue weighted by Gasteiger charge is -2.36. The van der Waals surface area contributed by atoms with E-state index < -0.39 is 0 Å². The van der Waals surface area contributed by atoms with Gasteiger partial charge in [0.15, 0.2) is 0 Å². The van der Waals surface area contributed by atoms with E-state index in [9.17, 15) is 0 Å². The van der Waals surface area contributed by atoms with Crippen LogP contribution in [0.3, 0.4) is 0 Å². The van der Waals surface area contributed by atoms with E-state index in [1.807, 2.05) is 0 Å². The van der Waals surface area contributed by atoms with E-state index in [0.717, 1.165) is 24.4 Å². The molecule has 0 bridgehead atoms. The summed E-state index contributed by atoms with van der Waals surface area (Å²) in [5.74, 6) is 1.13. The fourth-order valence-corrected chi connectivity index (χ4v) is 3.67. The lowest BCUT2D eigenvalue weighted by atomic mass is 10.2. The second kappa shape index (κ2) is 5.86. The van der Waals surface area contributed by atoms with Crippen LogP contribution in [-0.2, 0) is 0 Å². The summed E-state index contributed by atoms with van der Waals surface area (Å²) in [5.41, 5.74) is 1.10. The van der Waals surface area contributed by atoms with Crippen molar-refractivity contribution in [3.63, 3.8) is 0 Å². The van der Waals surface area contributed by atoms with Gasteiger partial charge in [-0.15, -0.1) is 0 Å². The van der Waals surface area contributed by atoms with Gasteiger partial charge in [0.25, 0.3) is 0 Å². The van der Waals surface area contributed by atoms with Gasteiger partial charge in [0.2, 0.25) is 0 Å². The molecule has 2 aliphatic rings. The summed E-state index contributed by atoms with van der Waals surface area (Å²) >= 11 is 0. The molecular formula is C18H24N4. The van der Waals surface area contributed by atoms with Crippen LogP contribution in [0.4, 0.5) is 5.82 Å². The molecule has 4 nitrogen and oxygen atoms in total. The van der Waals surface area contributed by atoms with Gasteiger partial charge in [-0.2, -0.15) is 0 Å². The minimum Gasteiger partial charge on any atom is -0.355 e. The molecular weight excluding hydrogens is 272 g/mol. The molecule has 22 heavy (non-hydrogen) atoms. The number of likely N-dealkylation sites (N-methyl/N-ethyl adjacent to an activating group) is 1. The van der Waals surface area contributed by atoms with Gasteiger partial charge < -0.3 is 9.80 Å². The first-order valence-electron chi connectivity index (χ1n) is 8.33. The number of hydrogen-bond acceptors (Lipinski definition) is 4. The summed E-state index contributed by atoms with van der Waals surface area (Å²) in [6.07, 6.45) is 1.26. The number of rotatable bonds is 2. The number of benzene rings is 1. The van der Waals surface area contributed by atoms with Crippen molar-refractivity contribution in [2.45, 2.75) is 12.5 Å². The van der Waals surface area contributed by atoms with Crippen LogP contribution in [0.25, 0.3) is 10.9 Å². The topological polar surface area (TPSA) is 22.6 Å². The molecule has 2 fully saturated rings. The van der Waals surface area contributed by atoms with Gasteiger partial charge in [-0.3, -0.25) is 4.90 Å². The molecule has 0 spiro atoms. The van der Waals surface area contributed by atoms with Crippen LogP contribution in [-0.4, -0.2) is 67.1 Å². The molecule has 1 atom stereocenters. The maximum atomic E-state index is 4.85. The first kappa shape index (κ1) is 14.0. The van der Waals surface area contributed by atoms with Crippen LogP contribution in [0.2, 0.25) is 0 Å². The zero-order valence-corrected chi connectivity index (χ0v) is 13.3. The number of nitrogens with zero attached hydrogens (tertiary/aromatic N) is 4. The molecule has 1 aromatic heterocycles. The van der Waals surface area contributed by atoms with Crippen LogP contribution < -0.4 is 4.90 Å². The van der Waals surface area contributed by atoms with E-state index in [2.05, 4.69) is 58.1 Å².